The van der Waals surface area contributed by atoms with Crippen LogP contribution in [0, 0.1) is 28.6 Å². The van der Waals surface area contributed by atoms with Crippen LogP contribution < -0.4 is 0 Å². The highest BCUT2D eigenvalue weighted by Gasteiger charge is 2.63. The van der Waals surface area contributed by atoms with Crippen LogP contribution in [0.15, 0.2) is 22.4 Å². The molecule has 6 atom stereocenters. The predicted molar refractivity (Wildman–Crippen MR) is 102 cm³/mol. The van der Waals surface area contributed by atoms with Crippen LogP contribution in [0.2, 0.25) is 0 Å². The zero-order chi connectivity index (χ0) is 18.5. The molecule has 0 aromatic carbocycles. The summed E-state index contributed by atoms with van der Waals surface area (Å²) < 4.78 is 5.69. The first kappa shape index (κ1) is 17.0. The Morgan fingerprint density at radius 3 is 2.58 bits per heavy atom. The molecule has 4 aliphatic rings. The second-order valence-corrected chi connectivity index (χ2v) is 10.9. The number of allylic oxidation sites excluding steroid dienone is 2. The van der Waals surface area contributed by atoms with Gasteiger partial charge in [-0.1, -0.05) is 30.7 Å². The van der Waals surface area contributed by atoms with Crippen molar-refractivity contribution < 1.29 is 9.63 Å². The Labute approximate surface area is 157 Å². The van der Waals surface area contributed by atoms with Crippen LogP contribution in [-0.2, 0) is 11.8 Å². The molecule has 1 aromatic heterocycles. The van der Waals surface area contributed by atoms with Crippen molar-refractivity contribution in [3.8, 4) is 0 Å². The first-order chi connectivity index (χ1) is 12.1. The van der Waals surface area contributed by atoms with E-state index >= 15 is 0 Å². The lowest BCUT2D eigenvalue weighted by Crippen LogP contribution is -2.55. The molecule has 142 valence electrons. The van der Waals surface area contributed by atoms with Crippen LogP contribution in [0.4, 0.5) is 0 Å². The third kappa shape index (κ3) is 1.81. The van der Waals surface area contributed by atoms with Crippen LogP contribution in [0.5, 0.6) is 0 Å². The van der Waals surface area contributed by atoms with E-state index in [1.54, 1.807) is 5.57 Å². The van der Waals surface area contributed by atoms with Crippen LogP contribution in [0.1, 0.15) is 78.0 Å². The number of nitrogens with zero attached hydrogens (tertiary/aromatic N) is 1. The predicted octanol–water partition coefficient (Wildman–Crippen LogP) is 5.04. The van der Waals surface area contributed by atoms with Gasteiger partial charge < -0.3 is 9.63 Å². The number of hydrogen-bond donors (Lipinski definition) is 1. The van der Waals surface area contributed by atoms with Crippen LogP contribution in [0.25, 0.3) is 0 Å². The Morgan fingerprint density at radius 1 is 1.08 bits per heavy atom. The molecule has 26 heavy (non-hydrogen) atoms. The van der Waals surface area contributed by atoms with E-state index in [1.165, 1.54) is 24.8 Å². The van der Waals surface area contributed by atoms with E-state index in [4.69, 9.17) is 4.52 Å². The molecule has 2 saturated carbocycles. The van der Waals surface area contributed by atoms with Gasteiger partial charge in [0.1, 0.15) is 5.76 Å². The average Bonchev–Trinajstić information content (AvgIpc) is 3.10. The second kappa shape index (κ2) is 4.84. The van der Waals surface area contributed by atoms with Crippen molar-refractivity contribution in [1.82, 2.24) is 5.16 Å². The monoisotopic (exact) mass is 355 g/mol. The minimum atomic E-state index is -0.499. The van der Waals surface area contributed by atoms with E-state index in [0.717, 1.165) is 25.0 Å². The van der Waals surface area contributed by atoms with Crippen molar-refractivity contribution in [3.63, 3.8) is 0 Å². The minimum absolute atomic E-state index is 0.0638. The van der Waals surface area contributed by atoms with Gasteiger partial charge in [0, 0.05) is 11.0 Å². The van der Waals surface area contributed by atoms with Crippen LogP contribution in [0.3, 0.4) is 0 Å². The van der Waals surface area contributed by atoms with Gasteiger partial charge >= 0.3 is 0 Å². The lowest BCUT2D eigenvalue weighted by atomic mass is 9.44. The summed E-state index contributed by atoms with van der Waals surface area (Å²) in [5.74, 6) is 3.13. The molecule has 3 nitrogen and oxygen atoms in total. The third-order valence-corrected chi connectivity index (χ3v) is 9.47. The van der Waals surface area contributed by atoms with E-state index in [-0.39, 0.29) is 16.2 Å². The van der Waals surface area contributed by atoms with Crippen molar-refractivity contribution in [2.75, 3.05) is 0 Å². The summed E-state index contributed by atoms with van der Waals surface area (Å²) in [7, 11) is 0. The molecule has 0 spiro atoms. The van der Waals surface area contributed by atoms with Gasteiger partial charge in [-0.25, -0.2) is 0 Å². The molecule has 0 radical (unpaired) electrons. The maximum absolute atomic E-state index is 11.1. The molecule has 1 heterocycles. The van der Waals surface area contributed by atoms with Gasteiger partial charge in [-0.15, -0.1) is 0 Å². The SMILES string of the molecule is CC1(C)C2=CC[C@@H]3[C@H](CC[C@]4(C)[C@H]3CC[C@]4(C)O)[C@@]2(C)Cc2cnoc21. The smallest absolute Gasteiger partial charge is 0.149 e. The number of aliphatic hydroxyl groups is 1. The van der Waals surface area contributed by atoms with Crippen molar-refractivity contribution in [2.45, 2.75) is 84.2 Å². The second-order valence-electron chi connectivity index (χ2n) is 10.9. The van der Waals surface area contributed by atoms with Crippen molar-refractivity contribution in [1.29, 1.82) is 0 Å². The molecule has 0 unspecified atom stereocenters. The normalized spacial score (nSPS) is 48.8. The Morgan fingerprint density at radius 2 is 1.81 bits per heavy atom. The van der Waals surface area contributed by atoms with E-state index in [2.05, 4.69) is 45.9 Å². The van der Waals surface area contributed by atoms with Gasteiger partial charge in [-0.05, 0) is 87.9 Å². The molecule has 1 N–H and O–H groups in total. The topological polar surface area (TPSA) is 46.3 Å². The van der Waals surface area contributed by atoms with Crippen molar-refractivity contribution in [3.05, 3.63) is 29.2 Å². The molecular weight excluding hydrogens is 322 g/mol. The summed E-state index contributed by atoms with van der Waals surface area (Å²) in [6, 6.07) is 0. The highest BCUT2D eigenvalue weighted by Crippen LogP contribution is 2.68. The highest BCUT2D eigenvalue weighted by molar-refractivity contribution is 5.44. The van der Waals surface area contributed by atoms with Gasteiger partial charge in [-0.3, -0.25) is 0 Å². The Kier molecular flexibility index (Phi) is 3.17. The van der Waals surface area contributed by atoms with E-state index in [0.29, 0.717) is 17.8 Å². The maximum atomic E-state index is 11.1. The molecule has 0 aliphatic heterocycles. The third-order valence-electron chi connectivity index (χ3n) is 9.47. The summed E-state index contributed by atoms with van der Waals surface area (Å²) in [5.41, 5.74) is 2.60. The van der Waals surface area contributed by atoms with E-state index < -0.39 is 5.60 Å². The molecule has 0 bridgehead atoms. The van der Waals surface area contributed by atoms with Gasteiger partial charge in [0.15, 0.2) is 0 Å². The average molecular weight is 356 g/mol. The van der Waals surface area contributed by atoms with Crippen LogP contribution >= 0.6 is 0 Å². The number of hydrogen-bond acceptors (Lipinski definition) is 3. The summed E-state index contributed by atoms with van der Waals surface area (Å²) in [6.45, 7) is 11.6. The standard InChI is InChI=1S/C23H33NO2/c1-20(2)18-7-6-15-16(21(18,3)12-14-13-24-26-19(14)20)8-10-22(4)17(15)9-11-23(22,5)25/h7,13,15-17,25H,6,8-12H2,1-5H3/t15-,16+,17+,21-,22-,23+/m1/s1. The Balaban J connectivity index is 1.60. The number of rotatable bonds is 0. The molecule has 4 aliphatic carbocycles. The molecule has 2 fully saturated rings. The number of aromatic nitrogens is 1. The quantitative estimate of drug-likeness (QED) is 0.663. The fourth-order valence-electron chi connectivity index (χ4n) is 7.95. The first-order valence-corrected chi connectivity index (χ1v) is 10.5. The number of fused-ring (bicyclic) bond motifs is 6. The summed E-state index contributed by atoms with van der Waals surface area (Å²) in [4.78, 5) is 0. The maximum Gasteiger partial charge on any atom is 0.149 e. The zero-order valence-electron chi connectivity index (χ0n) is 16.9. The lowest BCUT2D eigenvalue weighted by molar-refractivity contribution is -0.113. The molecule has 5 rings (SSSR count). The molecular formula is C23H33NO2. The lowest BCUT2D eigenvalue weighted by Gasteiger charge is -2.60. The van der Waals surface area contributed by atoms with Gasteiger partial charge in [-0.2, -0.15) is 0 Å². The van der Waals surface area contributed by atoms with Gasteiger partial charge in [0.05, 0.1) is 11.8 Å². The molecule has 0 amide bonds. The largest absolute Gasteiger partial charge is 0.390 e. The fraction of sp³-hybridized carbons (Fsp3) is 0.783. The summed E-state index contributed by atoms with van der Waals surface area (Å²) in [5, 5.41) is 15.2. The van der Waals surface area contributed by atoms with E-state index in [1.807, 2.05) is 6.20 Å². The highest BCUT2D eigenvalue weighted by atomic mass is 16.5. The van der Waals surface area contributed by atoms with Crippen molar-refractivity contribution >= 4 is 0 Å². The molecule has 1 aromatic rings. The fourth-order valence-corrected chi connectivity index (χ4v) is 7.95. The van der Waals surface area contributed by atoms with Crippen molar-refractivity contribution in [2.24, 2.45) is 28.6 Å². The summed E-state index contributed by atoms with van der Waals surface area (Å²) >= 11 is 0. The Bertz CT molecular complexity index is 788. The Hall–Kier alpha value is -1.09. The zero-order valence-corrected chi connectivity index (χ0v) is 16.9. The molecule has 3 heteroatoms. The van der Waals surface area contributed by atoms with Gasteiger partial charge in [0.2, 0.25) is 0 Å². The first-order valence-electron chi connectivity index (χ1n) is 10.5. The van der Waals surface area contributed by atoms with Gasteiger partial charge in [0.25, 0.3) is 0 Å². The molecule has 0 saturated heterocycles. The minimum Gasteiger partial charge on any atom is -0.390 e. The van der Waals surface area contributed by atoms with Crippen LogP contribution in [-0.4, -0.2) is 15.9 Å². The summed E-state index contributed by atoms with van der Waals surface area (Å²) in [6.07, 6.45) is 11.3. The van der Waals surface area contributed by atoms with E-state index in [9.17, 15) is 5.11 Å².